The normalized spacial score (nSPS) is 11.6. The Hall–Kier alpha value is -1.06. The average Bonchev–Trinajstić information content (AvgIpc) is 2.28. The molecule has 4 heteroatoms. The van der Waals surface area contributed by atoms with E-state index in [0.29, 0.717) is 0 Å². The molecule has 0 saturated heterocycles. The molecular weight excluding hydrogens is 166 g/mol. The summed E-state index contributed by atoms with van der Waals surface area (Å²) in [6, 6.07) is 0.276. The maximum atomic E-state index is 11.3. The molecule has 0 aliphatic heterocycles. The van der Waals surface area contributed by atoms with Gasteiger partial charge in [-0.05, 0) is 13.8 Å². The van der Waals surface area contributed by atoms with Gasteiger partial charge in [-0.15, -0.1) is 0 Å². The van der Waals surface area contributed by atoms with Crippen LogP contribution in [0.2, 0.25) is 0 Å². The van der Waals surface area contributed by atoms with Crippen molar-refractivity contribution in [2.45, 2.75) is 39.7 Å². The Labute approximate surface area is 78.2 Å². The van der Waals surface area contributed by atoms with Crippen LogP contribution < -0.4 is 5.69 Å². The van der Waals surface area contributed by atoms with Crippen LogP contribution in [-0.2, 0) is 7.05 Å². The topological polar surface area (TPSA) is 39.8 Å². The van der Waals surface area contributed by atoms with Crippen LogP contribution in [0.3, 0.4) is 0 Å². The first-order valence-corrected chi connectivity index (χ1v) is 4.60. The van der Waals surface area contributed by atoms with E-state index in [1.54, 1.807) is 11.7 Å². The molecule has 74 valence electrons. The molecule has 0 fully saturated rings. The summed E-state index contributed by atoms with van der Waals surface area (Å²) in [5, 5.41) is 0. The monoisotopic (exact) mass is 183 g/mol. The molecule has 0 bridgehead atoms. The lowest BCUT2D eigenvalue weighted by Gasteiger charge is -2.15. The summed E-state index contributed by atoms with van der Waals surface area (Å²) in [5.74, 6) is 1.15. The highest BCUT2D eigenvalue weighted by Crippen LogP contribution is 2.14. The van der Waals surface area contributed by atoms with E-state index in [9.17, 15) is 4.79 Å². The molecule has 1 rings (SSSR count). The molecule has 13 heavy (non-hydrogen) atoms. The predicted molar refractivity (Wildman–Crippen MR) is 51.9 cm³/mol. The highest BCUT2D eigenvalue weighted by Gasteiger charge is 2.15. The fraction of sp³-hybridized carbons (Fsp3) is 0.778. The molecule has 0 atom stereocenters. The van der Waals surface area contributed by atoms with Crippen molar-refractivity contribution in [3.05, 3.63) is 16.3 Å². The molecule has 1 heterocycles. The van der Waals surface area contributed by atoms with Gasteiger partial charge in [-0.25, -0.2) is 9.48 Å². The van der Waals surface area contributed by atoms with Crippen LogP contribution in [0.15, 0.2) is 4.79 Å². The van der Waals surface area contributed by atoms with Gasteiger partial charge in [-0.1, -0.05) is 13.8 Å². The van der Waals surface area contributed by atoms with Crippen LogP contribution in [0, 0.1) is 0 Å². The molecule has 0 aliphatic carbocycles. The van der Waals surface area contributed by atoms with Gasteiger partial charge in [0.25, 0.3) is 0 Å². The Morgan fingerprint density at radius 1 is 1.23 bits per heavy atom. The van der Waals surface area contributed by atoms with Gasteiger partial charge in [-0.3, -0.25) is 4.68 Å². The van der Waals surface area contributed by atoms with Crippen molar-refractivity contribution in [1.82, 2.24) is 14.3 Å². The molecule has 0 N–H and O–H groups in total. The fourth-order valence-corrected chi connectivity index (χ4v) is 1.47. The van der Waals surface area contributed by atoms with Crippen LogP contribution in [0.5, 0.6) is 0 Å². The first kappa shape index (κ1) is 10.0. The lowest BCUT2D eigenvalue weighted by molar-refractivity contribution is 0.419. The van der Waals surface area contributed by atoms with Gasteiger partial charge in [-0.2, -0.15) is 4.98 Å². The summed E-state index contributed by atoms with van der Waals surface area (Å²) in [5.41, 5.74) is -0.169. The number of aromatic nitrogens is 3. The maximum Gasteiger partial charge on any atom is 0.363 e. The molecule has 4 nitrogen and oxygen atoms in total. The van der Waals surface area contributed by atoms with Crippen molar-refractivity contribution < 1.29 is 0 Å². The highest BCUT2D eigenvalue weighted by atomic mass is 16.2. The van der Waals surface area contributed by atoms with E-state index in [0.717, 1.165) is 5.82 Å². The Morgan fingerprint density at radius 3 is 2.08 bits per heavy atom. The molecular formula is C9H17N3O. The number of hydrogen-bond donors (Lipinski definition) is 0. The zero-order chi connectivity index (χ0) is 10.2. The minimum Gasteiger partial charge on any atom is -0.265 e. The van der Waals surface area contributed by atoms with Crippen molar-refractivity contribution in [2.75, 3.05) is 0 Å². The molecule has 0 saturated carbocycles. The second-order valence-corrected chi connectivity index (χ2v) is 3.87. The van der Waals surface area contributed by atoms with Gasteiger partial charge < -0.3 is 0 Å². The molecule has 0 aromatic carbocycles. The molecule has 0 aliphatic rings. The van der Waals surface area contributed by atoms with Crippen LogP contribution in [0.1, 0.15) is 45.5 Å². The number of rotatable bonds is 2. The Morgan fingerprint density at radius 2 is 1.77 bits per heavy atom. The van der Waals surface area contributed by atoms with E-state index < -0.39 is 0 Å². The predicted octanol–water partition coefficient (Wildman–Crippen LogP) is 1.29. The van der Waals surface area contributed by atoms with E-state index >= 15 is 0 Å². The van der Waals surface area contributed by atoms with E-state index in [-0.39, 0.29) is 17.6 Å². The average molecular weight is 183 g/mol. The first-order valence-electron chi connectivity index (χ1n) is 4.60. The molecule has 0 unspecified atom stereocenters. The summed E-state index contributed by atoms with van der Waals surface area (Å²) in [6.07, 6.45) is 0. The molecule has 1 aromatic rings. The Kier molecular flexibility index (Phi) is 2.59. The fourth-order valence-electron chi connectivity index (χ4n) is 1.47. The zero-order valence-corrected chi connectivity index (χ0v) is 8.90. The third kappa shape index (κ3) is 1.66. The molecule has 0 radical (unpaired) electrons. The smallest absolute Gasteiger partial charge is 0.265 e. The number of hydrogen-bond acceptors (Lipinski definition) is 2. The molecule has 1 aromatic heterocycles. The summed E-state index contributed by atoms with van der Waals surface area (Å²) in [6.45, 7) is 8.18. The van der Waals surface area contributed by atoms with Gasteiger partial charge >= 0.3 is 5.69 Å². The van der Waals surface area contributed by atoms with Gasteiger partial charge in [0, 0.05) is 19.0 Å². The van der Waals surface area contributed by atoms with Crippen molar-refractivity contribution in [3.8, 4) is 0 Å². The quantitative estimate of drug-likeness (QED) is 0.693. The van der Waals surface area contributed by atoms with Crippen molar-refractivity contribution in [1.29, 1.82) is 0 Å². The Balaban J connectivity index is 3.35. The summed E-state index contributed by atoms with van der Waals surface area (Å²) >= 11 is 0. The second-order valence-electron chi connectivity index (χ2n) is 3.87. The van der Waals surface area contributed by atoms with Crippen LogP contribution in [0.4, 0.5) is 0 Å². The zero-order valence-electron chi connectivity index (χ0n) is 8.90. The van der Waals surface area contributed by atoms with Crippen LogP contribution >= 0.6 is 0 Å². The highest BCUT2D eigenvalue weighted by molar-refractivity contribution is 4.94. The largest absolute Gasteiger partial charge is 0.363 e. The lowest BCUT2D eigenvalue weighted by atomic mass is 10.2. The van der Waals surface area contributed by atoms with Gasteiger partial charge in [0.2, 0.25) is 0 Å². The first-order chi connectivity index (χ1) is 5.95. The summed E-state index contributed by atoms with van der Waals surface area (Å²) in [7, 11) is 1.75. The third-order valence-corrected chi connectivity index (χ3v) is 2.05. The van der Waals surface area contributed by atoms with Crippen LogP contribution in [-0.4, -0.2) is 14.3 Å². The summed E-state index contributed by atoms with van der Waals surface area (Å²) in [4.78, 5) is 15.3. The Bertz CT molecular complexity index is 346. The SMILES string of the molecule is CC(C)c1nc(=O)n(C)n1C(C)C. The molecule has 0 spiro atoms. The number of nitrogens with zero attached hydrogens (tertiary/aromatic N) is 3. The van der Waals surface area contributed by atoms with Crippen molar-refractivity contribution in [3.63, 3.8) is 0 Å². The minimum atomic E-state index is -0.169. The standard InChI is InChI=1S/C9H17N3O/c1-6(2)8-10-9(13)11(5)12(8)7(3)4/h6-7H,1-5H3. The van der Waals surface area contributed by atoms with Crippen molar-refractivity contribution >= 4 is 0 Å². The van der Waals surface area contributed by atoms with Crippen LogP contribution in [0.25, 0.3) is 0 Å². The lowest BCUT2D eigenvalue weighted by Crippen LogP contribution is -2.21. The van der Waals surface area contributed by atoms with Crippen molar-refractivity contribution in [2.24, 2.45) is 7.05 Å². The third-order valence-electron chi connectivity index (χ3n) is 2.05. The minimum absolute atomic E-state index is 0.169. The van der Waals surface area contributed by atoms with E-state index in [1.807, 2.05) is 32.4 Å². The van der Waals surface area contributed by atoms with Gasteiger partial charge in [0.05, 0.1) is 0 Å². The molecule has 0 amide bonds. The van der Waals surface area contributed by atoms with Gasteiger partial charge in [0.15, 0.2) is 0 Å². The second kappa shape index (κ2) is 3.36. The van der Waals surface area contributed by atoms with Gasteiger partial charge in [0.1, 0.15) is 5.82 Å². The summed E-state index contributed by atoms with van der Waals surface area (Å²) < 4.78 is 3.51. The maximum absolute atomic E-state index is 11.3. The van der Waals surface area contributed by atoms with E-state index in [1.165, 1.54) is 0 Å². The van der Waals surface area contributed by atoms with E-state index in [4.69, 9.17) is 0 Å². The van der Waals surface area contributed by atoms with E-state index in [2.05, 4.69) is 4.98 Å².